The predicted molar refractivity (Wildman–Crippen MR) is 137 cm³/mol. The molecule has 3 N–H and O–H groups in total. The molecule has 0 unspecified atom stereocenters. The van der Waals surface area contributed by atoms with Crippen LogP contribution in [0.5, 0.6) is 0 Å². The molecule has 1 aliphatic heterocycles. The van der Waals surface area contributed by atoms with Gasteiger partial charge in [0.05, 0.1) is 16.1 Å². The van der Waals surface area contributed by atoms with Gasteiger partial charge in [0, 0.05) is 35.1 Å². The summed E-state index contributed by atoms with van der Waals surface area (Å²) in [6.45, 7) is 0.352. The first-order chi connectivity index (χ1) is 17.5. The average molecular weight is 519 g/mol. The number of H-pyrrole nitrogens is 2. The number of benzene rings is 3. The molecule has 0 spiro atoms. The topological polar surface area (TPSA) is 111 Å². The van der Waals surface area contributed by atoms with Gasteiger partial charge in [-0.15, -0.1) is 10.2 Å². The van der Waals surface area contributed by atoms with Crippen molar-refractivity contribution in [2.45, 2.75) is 25.0 Å². The first kappa shape index (κ1) is 22.7. The quantitative estimate of drug-likeness (QED) is 0.292. The molecule has 0 saturated heterocycles. The number of rotatable bonds is 5. The summed E-state index contributed by atoms with van der Waals surface area (Å²) in [6.07, 6.45) is 0.355. The van der Waals surface area contributed by atoms with Gasteiger partial charge in [0.25, 0.3) is 0 Å². The Kier molecular flexibility index (Phi) is 5.72. The molecule has 10 heteroatoms. The third kappa shape index (κ3) is 3.83. The summed E-state index contributed by atoms with van der Waals surface area (Å²) < 4.78 is 0. The lowest BCUT2D eigenvalue weighted by molar-refractivity contribution is -0.144. The highest BCUT2D eigenvalue weighted by Crippen LogP contribution is 2.44. The minimum atomic E-state index is -0.900. The zero-order valence-corrected chi connectivity index (χ0v) is 20.3. The summed E-state index contributed by atoms with van der Waals surface area (Å²) in [5.74, 6) is -0.430. The second-order valence-corrected chi connectivity index (χ2v) is 9.56. The van der Waals surface area contributed by atoms with Gasteiger partial charge in [0.1, 0.15) is 6.04 Å². The van der Waals surface area contributed by atoms with Gasteiger partial charge in [0.15, 0.2) is 0 Å². The summed E-state index contributed by atoms with van der Waals surface area (Å²) in [6, 6.07) is 19.9. The highest BCUT2D eigenvalue weighted by Gasteiger charge is 2.41. The first-order valence-electron chi connectivity index (χ1n) is 11.4. The summed E-state index contributed by atoms with van der Waals surface area (Å²) in [5.41, 5.74) is 5.30. The van der Waals surface area contributed by atoms with Gasteiger partial charge >= 0.3 is 5.97 Å². The van der Waals surface area contributed by atoms with Crippen LogP contribution in [-0.2, 0) is 17.8 Å². The molecule has 0 radical (unpaired) electrons. The second-order valence-electron chi connectivity index (χ2n) is 8.77. The van der Waals surface area contributed by atoms with Crippen molar-refractivity contribution in [3.8, 4) is 11.4 Å². The van der Waals surface area contributed by atoms with E-state index in [1.807, 2.05) is 65.6 Å². The monoisotopic (exact) mass is 518 g/mol. The molecular formula is C26H20Cl2N6O2. The van der Waals surface area contributed by atoms with E-state index in [2.05, 4.69) is 25.6 Å². The Morgan fingerprint density at radius 3 is 2.72 bits per heavy atom. The van der Waals surface area contributed by atoms with Crippen LogP contribution in [0.4, 0.5) is 0 Å². The fraction of sp³-hybridized carbons (Fsp3) is 0.154. The normalized spacial score (nSPS) is 17.8. The number of carboxylic acids is 1. The third-order valence-electron chi connectivity index (χ3n) is 6.71. The van der Waals surface area contributed by atoms with E-state index >= 15 is 0 Å². The maximum absolute atomic E-state index is 12.7. The van der Waals surface area contributed by atoms with Crippen molar-refractivity contribution in [1.82, 2.24) is 30.5 Å². The van der Waals surface area contributed by atoms with E-state index in [9.17, 15) is 9.90 Å². The van der Waals surface area contributed by atoms with Crippen LogP contribution in [0.2, 0.25) is 10.0 Å². The van der Waals surface area contributed by atoms with Crippen molar-refractivity contribution >= 4 is 40.1 Å². The van der Waals surface area contributed by atoms with E-state index in [0.717, 1.165) is 38.9 Å². The number of hydrogen-bond donors (Lipinski definition) is 3. The molecule has 36 heavy (non-hydrogen) atoms. The van der Waals surface area contributed by atoms with Crippen molar-refractivity contribution < 1.29 is 9.90 Å². The number of aromatic amines is 2. The number of carboxylic acid groups (broad SMARTS) is 1. The minimum Gasteiger partial charge on any atom is -0.480 e. The van der Waals surface area contributed by atoms with E-state index in [0.29, 0.717) is 28.8 Å². The van der Waals surface area contributed by atoms with Crippen LogP contribution in [0.15, 0.2) is 66.7 Å². The van der Waals surface area contributed by atoms with Crippen LogP contribution < -0.4 is 0 Å². The number of halogens is 2. The van der Waals surface area contributed by atoms with E-state index in [1.54, 1.807) is 6.07 Å². The number of hydrogen-bond acceptors (Lipinski definition) is 5. The number of para-hydroxylation sites is 1. The Hall–Kier alpha value is -3.72. The standard InChI is InChI=1S/C26H20Cl2N6O2/c27-19-9-4-8-17(22(19)28)24-23-18(16-7-1-2-10-20(16)29-23)12-21(26(35)36)34(24)13-14-5-3-6-15(11-14)25-30-32-33-31-25/h1-11,21,24,29H,12-13H2,(H,35,36)(H,30,31,32,33)/t21-,24+/m0/s1. The number of aliphatic carboxylic acids is 1. The zero-order chi connectivity index (χ0) is 24.8. The van der Waals surface area contributed by atoms with Crippen molar-refractivity contribution in [2.24, 2.45) is 0 Å². The summed E-state index contributed by atoms with van der Waals surface area (Å²) in [4.78, 5) is 18.2. The number of nitrogens with zero attached hydrogens (tertiary/aromatic N) is 4. The number of nitrogens with one attached hydrogen (secondary N) is 2. The van der Waals surface area contributed by atoms with E-state index in [4.69, 9.17) is 23.2 Å². The Morgan fingerprint density at radius 2 is 1.92 bits per heavy atom. The lowest BCUT2D eigenvalue weighted by atomic mass is 9.87. The Labute approximate surface area is 215 Å². The molecule has 0 bridgehead atoms. The number of carbonyl (C=O) groups is 1. The number of fused-ring (bicyclic) bond motifs is 3. The van der Waals surface area contributed by atoms with Gasteiger partial charge in [-0.05, 0) is 40.1 Å². The molecule has 6 rings (SSSR count). The summed E-state index contributed by atoms with van der Waals surface area (Å²) >= 11 is 13.2. The van der Waals surface area contributed by atoms with E-state index in [-0.39, 0.29) is 0 Å². The Balaban J connectivity index is 1.53. The molecule has 3 aromatic carbocycles. The van der Waals surface area contributed by atoms with Crippen LogP contribution in [0.1, 0.15) is 28.4 Å². The highest BCUT2D eigenvalue weighted by atomic mass is 35.5. The average Bonchev–Trinajstić information content (AvgIpc) is 3.54. The maximum atomic E-state index is 12.7. The molecule has 180 valence electrons. The van der Waals surface area contributed by atoms with Gasteiger partial charge < -0.3 is 10.1 Å². The molecule has 0 saturated carbocycles. The van der Waals surface area contributed by atoms with Crippen molar-refractivity contribution in [3.63, 3.8) is 0 Å². The van der Waals surface area contributed by atoms with Crippen LogP contribution >= 0.6 is 23.2 Å². The smallest absolute Gasteiger partial charge is 0.321 e. The second kappa shape index (κ2) is 9.05. The molecule has 0 amide bonds. The molecule has 0 aliphatic carbocycles. The van der Waals surface area contributed by atoms with Gasteiger partial charge in [-0.2, -0.15) is 5.21 Å². The Morgan fingerprint density at radius 1 is 1.08 bits per heavy atom. The largest absolute Gasteiger partial charge is 0.480 e. The van der Waals surface area contributed by atoms with Gasteiger partial charge in [-0.3, -0.25) is 9.69 Å². The SMILES string of the molecule is O=C(O)[C@@H]1Cc2c([nH]c3ccccc23)[C@@H](c2cccc(Cl)c2Cl)N1Cc1cccc(-c2nn[nH]n2)c1. The summed E-state index contributed by atoms with van der Waals surface area (Å²) in [7, 11) is 0. The van der Waals surface area contributed by atoms with Crippen LogP contribution in [0.25, 0.3) is 22.3 Å². The molecule has 0 fully saturated rings. The zero-order valence-electron chi connectivity index (χ0n) is 18.8. The molecule has 1 aliphatic rings. The van der Waals surface area contributed by atoms with Crippen LogP contribution in [-0.4, -0.2) is 47.6 Å². The minimum absolute atomic E-state index is 0.352. The molecule has 2 atom stereocenters. The fourth-order valence-electron chi connectivity index (χ4n) is 5.13. The van der Waals surface area contributed by atoms with Crippen molar-refractivity contribution in [1.29, 1.82) is 0 Å². The molecule has 2 aromatic heterocycles. The Bertz CT molecular complexity index is 1580. The molecule has 3 heterocycles. The lowest BCUT2D eigenvalue weighted by Gasteiger charge is -2.41. The fourth-order valence-corrected chi connectivity index (χ4v) is 5.54. The molecular weight excluding hydrogens is 499 g/mol. The lowest BCUT2D eigenvalue weighted by Crippen LogP contribution is -2.48. The third-order valence-corrected chi connectivity index (χ3v) is 7.54. The molecule has 8 nitrogen and oxygen atoms in total. The van der Waals surface area contributed by atoms with Gasteiger partial charge in [-0.25, -0.2) is 0 Å². The van der Waals surface area contributed by atoms with Crippen LogP contribution in [0, 0.1) is 0 Å². The first-order valence-corrected chi connectivity index (χ1v) is 12.1. The van der Waals surface area contributed by atoms with Gasteiger partial charge in [0.2, 0.25) is 5.82 Å². The maximum Gasteiger partial charge on any atom is 0.321 e. The predicted octanol–water partition coefficient (Wildman–Crippen LogP) is 5.26. The van der Waals surface area contributed by atoms with Crippen molar-refractivity contribution in [3.05, 3.63) is 99.2 Å². The highest BCUT2D eigenvalue weighted by molar-refractivity contribution is 6.42. The summed E-state index contributed by atoms with van der Waals surface area (Å²) in [5, 5.41) is 26.4. The van der Waals surface area contributed by atoms with Crippen LogP contribution in [0.3, 0.4) is 0 Å². The number of tetrazole rings is 1. The number of aromatic nitrogens is 5. The van der Waals surface area contributed by atoms with E-state index in [1.165, 1.54) is 0 Å². The van der Waals surface area contributed by atoms with Gasteiger partial charge in [-0.1, -0.05) is 71.7 Å². The molecule has 5 aromatic rings. The van der Waals surface area contributed by atoms with E-state index < -0.39 is 18.1 Å². The van der Waals surface area contributed by atoms with Crippen molar-refractivity contribution in [2.75, 3.05) is 0 Å².